The fourth-order valence-corrected chi connectivity index (χ4v) is 7.54. The molecule has 3 aliphatic heterocycles. The van der Waals surface area contributed by atoms with Crippen molar-refractivity contribution in [1.82, 2.24) is 9.80 Å². The van der Waals surface area contributed by atoms with E-state index in [0.717, 1.165) is 53.1 Å². The highest BCUT2D eigenvalue weighted by Crippen LogP contribution is 2.54. The second-order valence-electron chi connectivity index (χ2n) is 12.1. The van der Waals surface area contributed by atoms with Gasteiger partial charge in [0.1, 0.15) is 5.41 Å². The number of morpholine rings is 1. The molecule has 3 aliphatic rings. The van der Waals surface area contributed by atoms with E-state index in [4.69, 9.17) is 16.3 Å². The zero-order valence-electron chi connectivity index (χ0n) is 25.1. The van der Waals surface area contributed by atoms with Crippen LogP contribution in [0, 0.1) is 0 Å². The summed E-state index contributed by atoms with van der Waals surface area (Å²) in [5.74, 6) is -0.159. The first-order chi connectivity index (χ1) is 22.0. The molecule has 0 aromatic heterocycles. The van der Waals surface area contributed by atoms with Crippen LogP contribution in [0.25, 0.3) is 0 Å². The number of fused-ring (bicyclic) bond motifs is 3. The highest BCUT2D eigenvalue weighted by molar-refractivity contribution is 6.31. The van der Waals surface area contributed by atoms with Crippen LogP contribution in [0.4, 0.5) is 5.69 Å². The molecular weight excluding hydrogens is 586 g/mol. The Balaban J connectivity index is 1.43. The predicted molar refractivity (Wildman–Crippen MR) is 174 cm³/mol. The maximum atomic E-state index is 15.5. The third-order valence-electron chi connectivity index (χ3n) is 9.58. The molecule has 230 valence electrons. The van der Waals surface area contributed by atoms with E-state index in [1.165, 1.54) is 0 Å². The van der Waals surface area contributed by atoms with Crippen LogP contribution in [-0.4, -0.2) is 66.1 Å². The van der Waals surface area contributed by atoms with Gasteiger partial charge < -0.3 is 19.6 Å². The van der Waals surface area contributed by atoms with Crippen molar-refractivity contribution in [2.75, 3.05) is 44.3 Å². The van der Waals surface area contributed by atoms with E-state index >= 15 is 4.79 Å². The smallest absolute Gasteiger partial charge is 0.255 e. The highest BCUT2D eigenvalue weighted by Gasteiger charge is 2.59. The van der Waals surface area contributed by atoms with Crippen molar-refractivity contribution in [2.45, 2.75) is 31.0 Å². The minimum atomic E-state index is -1.11. The standard InChI is InChI=1S/C37H36ClN3O4/c38-32-11-5-1-8-29(32)24-41-34(27-15-13-26(25-42)14-16-27)37(31-10-4-3-9-30(31)35(41)43)23-28-7-2-6-12-33(28)40(36(37)44)18-17-39-19-21-45-22-20-39/h1-16,34,42H,17-25H2/t34-,37-/m0/s1. The quantitative estimate of drug-likeness (QED) is 0.300. The molecule has 1 saturated heterocycles. The van der Waals surface area contributed by atoms with Gasteiger partial charge in [-0.15, -0.1) is 0 Å². The van der Waals surface area contributed by atoms with Gasteiger partial charge in [0.2, 0.25) is 5.91 Å². The molecule has 0 bridgehead atoms. The van der Waals surface area contributed by atoms with Crippen LogP contribution in [0.15, 0.2) is 97.1 Å². The first-order valence-corrected chi connectivity index (χ1v) is 15.9. The minimum absolute atomic E-state index is 0.0187. The Hall–Kier alpha value is -4.01. The van der Waals surface area contributed by atoms with Crippen LogP contribution >= 0.6 is 11.6 Å². The Morgan fingerprint density at radius 3 is 2.33 bits per heavy atom. The normalized spacial score (nSPS) is 21.6. The molecule has 1 fully saturated rings. The largest absolute Gasteiger partial charge is 0.392 e. The number of para-hydroxylation sites is 1. The average molecular weight is 622 g/mol. The van der Waals surface area contributed by atoms with Gasteiger partial charge >= 0.3 is 0 Å². The van der Waals surface area contributed by atoms with E-state index in [-0.39, 0.29) is 25.0 Å². The minimum Gasteiger partial charge on any atom is -0.392 e. The number of amides is 2. The van der Waals surface area contributed by atoms with Crippen molar-refractivity contribution < 1.29 is 19.4 Å². The van der Waals surface area contributed by atoms with Gasteiger partial charge in [0.25, 0.3) is 5.91 Å². The van der Waals surface area contributed by atoms with E-state index in [1.54, 1.807) is 0 Å². The van der Waals surface area contributed by atoms with Gasteiger partial charge in [-0.1, -0.05) is 90.5 Å². The number of anilines is 1. The van der Waals surface area contributed by atoms with Crippen LogP contribution in [0.3, 0.4) is 0 Å². The molecule has 0 aliphatic carbocycles. The van der Waals surface area contributed by atoms with Crippen LogP contribution in [0.1, 0.15) is 44.2 Å². The maximum Gasteiger partial charge on any atom is 0.255 e. The third-order valence-corrected chi connectivity index (χ3v) is 9.94. The second-order valence-corrected chi connectivity index (χ2v) is 12.5. The zero-order chi connectivity index (χ0) is 31.0. The first kappa shape index (κ1) is 29.7. The number of hydrogen-bond donors (Lipinski definition) is 1. The summed E-state index contributed by atoms with van der Waals surface area (Å²) in [5, 5.41) is 10.4. The van der Waals surface area contributed by atoms with Crippen molar-refractivity contribution in [1.29, 1.82) is 0 Å². The van der Waals surface area contributed by atoms with Gasteiger partial charge in [-0.2, -0.15) is 0 Å². The lowest BCUT2D eigenvalue weighted by Gasteiger charge is -2.53. The monoisotopic (exact) mass is 621 g/mol. The molecule has 8 heteroatoms. The molecule has 1 spiro atoms. The lowest BCUT2D eigenvalue weighted by atomic mass is 9.61. The van der Waals surface area contributed by atoms with Crippen LogP contribution in [-0.2, 0) is 34.5 Å². The summed E-state index contributed by atoms with van der Waals surface area (Å²) >= 11 is 6.68. The Morgan fingerprint density at radius 2 is 1.56 bits per heavy atom. The number of aliphatic hydroxyl groups excluding tert-OH is 1. The Bertz CT molecular complexity index is 1720. The van der Waals surface area contributed by atoms with Crippen molar-refractivity contribution in [2.24, 2.45) is 0 Å². The summed E-state index contributed by atoms with van der Waals surface area (Å²) in [6.07, 6.45) is 0.436. The molecule has 2 amide bonds. The molecule has 0 radical (unpaired) electrons. The lowest BCUT2D eigenvalue weighted by Crippen LogP contribution is -2.63. The fraction of sp³-hybridized carbons (Fsp3) is 0.297. The van der Waals surface area contributed by atoms with Crippen LogP contribution in [0.5, 0.6) is 0 Å². The van der Waals surface area contributed by atoms with Crippen molar-refractivity contribution in [3.05, 3.63) is 135 Å². The highest BCUT2D eigenvalue weighted by atomic mass is 35.5. The van der Waals surface area contributed by atoms with E-state index in [1.807, 2.05) is 101 Å². The molecular formula is C37H36ClN3O4. The Kier molecular flexibility index (Phi) is 8.19. The van der Waals surface area contributed by atoms with Crippen molar-refractivity contribution >= 4 is 29.1 Å². The van der Waals surface area contributed by atoms with Gasteiger partial charge in [-0.05, 0) is 52.4 Å². The number of carbonyl (C=O) groups is 2. The van der Waals surface area contributed by atoms with Crippen molar-refractivity contribution in [3.8, 4) is 0 Å². The van der Waals surface area contributed by atoms with E-state index < -0.39 is 11.5 Å². The summed E-state index contributed by atoms with van der Waals surface area (Å²) in [5.41, 5.74) is 4.58. The van der Waals surface area contributed by atoms with Gasteiger partial charge in [-0.25, -0.2) is 0 Å². The van der Waals surface area contributed by atoms with Gasteiger partial charge in [0.05, 0.1) is 25.9 Å². The van der Waals surface area contributed by atoms with Crippen molar-refractivity contribution in [3.63, 3.8) is 0 Å². The summed E-state index contributed by atoms with van der Waals surface area (Å²) in [7, 11) is 0. The van der Waals surface area contributed by atoms with E-state index in [0.29, 0.717) is 36.8 Å². The summed E-state index contributed by atoms with van der Waals surface area (Å²) in [4.78, 5) is 36.1. The molecule has 4 aromatic carbocycles. The summed E-state index contributed by atoms with van der Waals surface area (Å²) < 4.78 is 5.57. The SMILES string of the molecule is O=C1c2ccccc2[C@@]2(Cc3ccccc3N(CCN3CCOCC3)C2=O)[C@H](c2ccc(CO)cc2)N1Cc1ccccc1Cl. The predicted octanol–water partition coefficient (Wildman–Crippen LogP) is 5.39. The number of rotatable bonds is 7. The van der Waals surface area contributed by atoms with E-state index in [9.17, 15) is 9.90 Å². The lowest BCUT2D eigenvalue weighted by molar-refractivity contribution is -0.128. The third kappa shape index (κ3) is 5.24. The molecule has 1 N–H and O–H groups in total. The zero-order valence-corrected chi connectivity index (χ0v) is 25.8. The number of ether oxygens (including phenoxy) is 1. The fourth-order valence-electron chi connectivity index (χ4n) is 7.35. The molecule has 3 heterocycles. The molecule has 4 aromatic rings. The van der Waals surface area contributed by atoms with Gasteiger partial charge in [0, 0.05) is 49.0 Å². The second kappa shape index (κ2) is 12.4. The molecule has 7 nitrogen and oxygen atoms in total. The number of nitrogens with zero attached hydrogens (tertiary/aromatic N) is 3. The summed E-state index contributed by atoms with van der Waals surface area (Å²) in [6, 6.07) is 30.3. The van der Waals surface area contributed by atoms with Crippen LogP contribution in [0.2, 0.25) is 5.02 Å². The Morgan fingerprint density at radius 1 is 0.844 bits per heavy atom. The maximum absolute atomic E-state index is 15.5. The number of hydrogen-bond acceptors (Lipinski definition) is 5. The van der Waals surface area contributed by atoms with E-state index in [2.05, 4.69) is 11.0 Å². The number of carbonyl (C=O) groups excluding carboxylic acids is 2. The summed E-state index contributed by atoms with van der Waals surface area (Å²) in [6.45, 7) is 4.43. The number of halogens is 1. The molecule has 7 rings (SSSR count). The molecule has 2 atom stereocenters. The number of aliphatic hydroxyl groups is 1. The molecule has 0 unspecified atom stereocenters. The number of benzene rings is 4. The Labute approximate surface area is 268 Å². The van der Waals surface area contributed by atoms with Gasteiger partial charge in [-0.3, -0.25) is 14.5 Å². The topological polar surface area (TPSA) is 73.3 Å². The average Bonchev–Trinajstić information content (AvgIpc) is 3.08. The molecule has 45 heavy (non-hydrogen) atoms. The van der Waals surface area contributed by atoms with Gasteiger partial charge in [0.15, 0.2) is 0 Å². The molecule has 0 saturated carbocycles. The van der Waals surface area contributed by atoms with Crippen LogP contribution < -0.4 is 4.90 Å². The first-order valence-electron chi connectivity index (χ1n) is 15.5.